The molecule has 7 nitrogen and oxygen atoms in total. The number of aromatic nitrogens is 1. The van der Waals surface area contributed by atoms with Crippen molar-refractivity contribution >= 4 is 23.4 Å². The van der Waals surface area contributed by atoms with Gasteiger partial charge in [-0.1, -0.05) is 48.3 Å². The van der Waals surface area contributed by atoms with E-state index in [1.807, 2.05) is 12.1 Å². The van der Waals surface area contributed by atoms with Gasteiger partial charge in [0.05, 0.1) is 28.5 Å². The van der Waals surface area contributed by atoms with Crippen molar-refractivity contribution in [1.29, 1.82) is 0 Å². The van der Waals surface area contributed by atoms with Gasteiger partial charge in [0.2, 0.25) is 0 Å². The molecule has 8 heteroatoms. The summed E-state index contributed by atoms with van der Waals surface area (Å²) in [6.45, 7) is 7.72. The predicted octanol–water partition coefficient (Wildman–Crippen LogP) is 3.07. The van der Waals surface area contributed by atoms with Crippen LogP contribution in [0.25, 0.3) is 6.08 Å². The fraction of sp³-hybridized carbons (Fsp3) is 0.192. The number of carbonyl (C=O) groups excluding carboxylic acids is 1. The first kappa shape index (κ1) is 23.3. The zero-order valence-electron chi connectivity index (χ0n) is 18.9. The molecule has 1 unspecified atom stereocenters. The molecule has 34 heavy (non-hydrogen) atoms. The average molecular weight is 477 g/mol. The highest BCUT2D eigenvalue weighted by molar-refractivity contribution is 7.07. The quantitative estimate of drug-likeness (QED) is 0.418. The third-order valence-corrected chi connectivity index (χ3v) is 6.25. The van der Waals surface area contributed by atoms with Crippen LogP contribution in [0, 0.1) is 0 Å². The van der Waals surface area contributed by atoms with E-state index in [4.69, 9.17) is 9.47 Å². The fourth-order valence-electron chi connectivity index (χ4n) is 3.73. The van der Waals surface area contributed by atoms with E-state index in [0.717, 1.165) is 11.1 Å². The van der Waals surface area contributed by atoms with Crippen molar-refractivity contribution in [2.75, 3.05) is 13.2 Å². The molecule has 0 fully saturated rings. The molecule has 2 aromatic carbocycles. The zero-order valence-corrected chi connectivity index (χ0v) is 19.7. The van der Waals surface area contributed by atoms with Gasteiger partial charge in [-0.3, -0.25) is 9.36 Å². The summed E-state index contributed by atoms with van der Waals surface area (Å²) >= 11 is 1.25. The Morgan fingerprint density at radius 3 is 2.56 bits per heavy atom. The number of carbonyl (C=O) groups is 1. The Labute approximate surface area is 200 Å². The Bertz CT molecular complexity index is 1430. The minimum atomic E-state index is -0.689. The largest absolute Gasteiger partial charge is 0.508 e. The second-order valence-corrected chi connectivity index (χ2v) is 8.57. The van der Waals surface area contributed by atoms with Crippen LogP contribution in [0.4, 0.5) is 0 Å². The number of thiazole rings is 1. The van der Waals surface area contributed by atoms with Crippen LogP contribution >= 0.6 is 11.3 Å². The first-order valence-electron chi connectivity index (χ1n) is 10.7. The summed E-state index contributed by atoms with van der Waals surface area (Å²) in [7, 11) is 0. The van der Waals surface area contributed by atoms with Crippen LogP contribution < -0.4 is 19.6 Å². The lowest BCUT2D eigenvalue weighted by Crippen LogP contribution is -2.39. The molecule has 0 aliphatic carbocycles. The van der Waals surface area contributed by atoms with Crippen molar-refractivity contribution in [2.45, 2.75) is 19.9 Å². The molecule has 1 aromatic heterocycles. The summed E-state index contributed by atoms with van der Waals surface area (Å²) in [6.07, 6.45) is 3.40. The van der Waals surface area contributed by atoms with E-state index in [1.54, 1.807) is 62.4 Å². The molecule has 1 N–H and O–H groups in total. The van der Waals surface area contributed by atoms with E-state index < -0.39 is 12.0 Å². The van der Waals surface area contributed by atoms with Gasteiger partial charge in [-0.15, -0.1) is 0 Å². The van der Waals surface area contributed by atoms with E-state index in [0.29, 0.717) is 33.0 Å². The van der Waals surface area contributed by atoms with E-state index in [2.05, 4.69) is 11.6 Å². The summed E-state index contributed by atoms with van der Waals surface area (Å²) < 4.78 is 12.9. The topological polar surface area (TPSA) is 90.1 Å². The molecule has 1 aliphatic heterocycles. The molecule has 0 saturated carbocycles. The molecule has 1 atom stereocenters. The number of phenolic OH excluding ortho intramolecular Hbond substituents is 1. The maximum Gasteiger partial charge on any atom is 0.338 e. The highest BCUT2D eigenvalue weighted by Gasteiger charge is 2.33. The number of hydrogen-bond donors (Lipinski definition) is 1. The van der Waals surface area contributed by atoms with E-state index >= 15 is 0 Å². The van der Waals surface area contributed by atoms with Crippen molar-refractivity contribution in [2.24, 2.45) is 4.99 Å². The number of esters is 1. The van der Waals surface area contributed by atoms with Crippen LogP contribution in [0.1, 0.15) is 31.0 Å². The van der Waals surface area contributed by atoms with Gasteiger partial charge in [-0.05, 0) is 55.3 Å². The second kappa shape index (κ2) is 9.93. The number of phenols is 1. The molecule has 2 heterocycles. The molecule has 0 spiro atoms. The third-order valence-electron chi connectivity index (χ3n) is 5.27. The van der Waals surface area contributed by atoms with Crippen LogP contribution in [0.2, 0.25) is 0 Å². The van der Waals surface area contributed by atoms with Gasteiger partial charge in [0.1, 0.15) is 18.1 Å². The molecule has 1 aliphatic rings. The Morgan fingerprint density at radius 2 is 1.91 bits per heavy atom. The SMILES string of the molecule is C=CCOc1ccc(C2C(C(=O)OCC)=C(C)N=c3s/c(=C/c4ccc(O)cc4)c(=O)n32)cc1. The fourth-order valence-corrected chi connectivity index (χ4v) is 4.78. The standard InChI is InChI=1S/C26H24N2O5S/c1-4-14-33-20-12-8-18(9-13-20)23-22(25(31)32-5-2)16(3)27-26-28(23)24(30)21(34-26)15-17-6-10-19(29)11-7-17/h4,6-13,15,23,29H,1,5,14H2,2-3H3/b21-15+. The number of aromatic hydroxyl groups is 1. The molecule has 0 radical (unpaired) electrons. The first-order chi connectivity index (χ1) is 16.4. The monoisotopic (exact) mass is 476 g/mol. The molecular weight excluding hydrogens is 452 g/mol. The van der Waals surface area contributed by atoms with Gasteiger partial charge in [0, 0.05) is 0 Å². The minimum absolute atomic E-state index is 0.147. The molecule has 4 rings (SSSR count). The van der Waals surface area contributed by atoms with Crippen LogP contribution in [0.15, 0.2) is 82.2 Å². The summed E-state index contributed by atoms with van der Waals surface area (Å²) in [5.41, 5.74) is 2.08. The lowest BCUT2D eigenvalue weighted by Gasteiger charge is -2.24. The number of fused-ring (bicyclic) bond motifs is 1. The molecule has 0 bridgehead atoms. The van der Waals surface area contributed by atoms with Crippen LogP contribution in [-0.4, -0.2) is 28.9 Å². The maximum absolute atomic E-state index is 13.5. The average Bonchev–Trinajstić information content (AvgIpc) is 3.13. The molecular formula is C26H24N2O5S. The van der Waals surface area contributed by atoms with Crippen molar-refractivity contribution < 1.29 is 19.4 Å². The van der Waals surface area contributed by atoms with Crippen molar-refractivity contribution in [3.8, 4) is 11.5 Å². The highest BCUT2D eigenvalue weighted by Crippen LogP contribution is 2.31. The normalized spacial score (nSPS) is 15.5. The Balaban J connectivity index is 1.88. The summed E-state index contributed by atoms with van der Waals surface area (Å²) in [5.74, 6) is 0.296. The van der Waals surface area contributed by atoms with E-state index in [9.17, 15) is 14.7 Å². The third kappa shape index (κ3) is 4.58. The van der Waals surface area contributed by atoms with Crippen molar-refractivity contribution in [3.63, 3.8) is 0 Å². The van der Waals surface area contributed by atoms with Gasteiger partial charge in [-0.2, -0.15) is 0 Å². The van der Waals surface area contributed by atoms with Crippen molar-refractivity contribution in [1.82, 2.24) is 4.57 Å². The highest BCUT2D eigenvalue weighted by atomic mass is 32.1. The van der Waals surface area contributed by atoms with Crippen LogP contribution in [0.5, 0.6) is 11.5 Å². The molecule has 174 valence electrons. The summed E-state index contributed by atoms with van der Waals surface area (Å²) in [6, 6.07) is 13.1. The lowest BCUT2D eigenvalue weighted by atomic mass is 9.96. The number of allylic oxidation sites excluding steroid dienone is 1. The summed E-state index contributed by atoms with van der Waals surface area (Å²) in [4.78, 5) is 31.5. The zero-order chi connectivity index (χ0) is 24.2. The van der Waals surface area contributed by atoms with Gasteiger partial charge >= 0.3 is 5.97 Å². The van der Waals surface area contributed by atoms with Crippen LogP contribution in [-0.2, 0) is 9.53 Å². The smallest absolute Gasteiger partial charge is 0.338 e. The first-order valence-corrected chi connectivity index (χ1v) is 11.6. The number of hydrogen-bond acceptors (Lipinski definition) is 7. The van der Waals surface area contributed by atoms with Crippen molar-refractivity contribution in [3.05, 3.63) is 103 Å². The van der Waals surface area contributed by atoms with Gasteiger partial charge in [-0.25, -0.2) is 9.79 Å². The number of ether oxygens (including phenoxy) is 2. The molecule has 0 amide bonds. The van der Waals surface area contributed by atoms with E-state index in [1.165, 1.54) is 15.9 Å². The van der Waals surface area contributed by atoms with Gasteiger partial charge in [0.15, 0.2) is 4.80 Å². The minimum Gasteiger partial charge on any atom is -0.508 e. The molecule has 3 aromatic rings. The predicted molar refractivity (Wildman–Crippen MR) is 131 cm³/mol. The van der Waals surface area contributed by atoms with E-state index in [-0.39, 0.29) is 17.9 Å². The second-order valence-electron chi connectivity index (χ2n) is 7.56. The summed E-state index contributed by atoms with van der Waals surface area (Å²) in [5, 5.41) is 9.54. The van der Waals surface area contributed by atoms with Crippen LogP contribution in [0.3, 0.4) is 0 Å². The number of rotatable bonds is 7. The Kier molecular flexibility index (Phi) is 6.79. The number of nitrogens with zero attached hydrogens (tertiary/aromatic N) is 2. The van der Waals surface area contributed by atoms with Gasteiger partial charge in [0.25, 0.3) is 5.56 Å². The number of benzene rings is 2. The lowest BCUT2D eigenvalue weighted by molar-refractivity contribution is -0.139. The Morgan fingerprint density at radius 1 is 1.21 bits per heavy atom. The maximum atomic E-state index is 13.5. The molecule has 0 saturated heterocycles. The Hall–Kier alpha value is -3.91. The van der Waals surface area contributed by atoms with Gasteiger partial charge < -0.3 is 14.6 Å².